The normalized spacial score (nSPS) is 20.5. The van der Waals surface area contributed by atoms with Crippen LogP contribution in [0.25, 0.3) is 0 Å². The third kappa shape index (κ3) is 2.58. The molecule has 1 aromatic carbocycles. The molecule has 80 valence electrons. The van der Waals surface area contributed by atoms with Crippen molar-refractivity contribution in [3.05, 3.63) is 34.9 Å². The van der Waals surface area contributed by atoms with Crippen LogP contribution in [0.5, 0.6) is 0 Å². The number of hydrogen-bond acceptors (Lipinski definition) is 2. The smallest absolute Gasteiger partial charge is 0.164 e. The molecule has 1 saturated heterocycles. The molecule has 0 spiro atoms. The third-order valence-electron chi connectivity index (χ3n) is 2.81. The van der Waals surface area contributed by atoms with Crippen molar-refractivity contribution in [2.75, 3.05) is 13.1 Å². The molecule has 0 aromatic heterocycles. The van der Waals surface area contributed by atoms with Crippen LogP contribution < -0.4 is 5.32 Å². The Morgan fingerprint density at radius 1 is 1.47 bits per heavy atom. The molecule has 1 N–H and O–H groups in total. The highest BCUT2D eigenvalue weighted by Gasteiger charge is 2.19. The number of hydrogen-bond donors (Lipinski definition) is 1. The standard InChI is InChI=1S/C12H14ClNO/c13-11-4-2-1-3-10(11)12(15)7-9-5-6-14-8-9/h1-4,9,14H,5-8H2. The van der Waals surface area contributed by atoms with Crippen LogP contribution in [-0.2, 0) is 0 Å². The summed E-state index contributed by atoms with van der Waals surface area (Å²) in [6, 6.07) is 7.26. The molecule has 2 rings (SSSR count). The Morgan fingerprint density at radius 2 is 2.27 bits per heavy atom. The van der Waals surface area contributed by atoms with E-state index in [1.54, 1.807) is 12.1 Å². The summed E-state index contributed by atoms with van der Waals surface area (Å²) in [6.45, 7) is 1.98. The maximum Gasteiger partial charge on any atom is 0.164 e. The van der Waals surface area contributed by atoms with E-state index in [9.17, 15) is 4.79 Å². The lowest BCUT2D eigenvalue weighted by Gasteiger charge is -2.07. The lowest BCUT2D eigenvalue weighted by atomic mass is 9.98. The van der Waals surface area contributed by atoms with E-state index in [0.29, 0.717) is 22.9 Å². The van der Waals surface area contributed by atoms with E-state index in [-0.39, 0.29) is 5.78 Å². The van der Waals surface area contributed by atoms with Gasteiger partial charge in [0.25, 0.3) is 0 Å². The second-order valence-electron chi connectivity index (χ2n) is 3.97. The highest BCUT2D eigenvalue weighted by Crippen LogP contribution is 2.21. The topological polar surface area (TPSA) is 29.1 Å². The van der Waals surface area contributed by atoms with E-state index in [1.807, 2.05) is 12.1 Å². The molecule has 1 heterocycles. The third-order valence-corrected chi connectivity index (χ3v) is 3.14. The fourth-order valence-corrected chi connectivity index (χ4v) is 2.19. The molecule has 0 aliphatic carbocycles. The van der Waals surface area contributed by atoms with Gasteiger partial charge in [0.2, 0.25) is 0 Å². The molecule has 1 unspecified atom stereocenters. The first-order chi connectivity index (χ1) is 7.27. The van der Waals surface area contributed by atoms with Crippen LogP contribution >= 0.6 is 11.6 Å². The molecular weight excluding hydrogens is 210 g/mol. The van der Waals surface area contributed by atoms with Gasteiger partial charge in [-0.1, -0.05) is 23.7 Å². The fraction of sp³-hybridized carbons (Fsp3) is 0.417. The predicted molar refractivity (Wildman–Crippen MR) is 61.4 cm³/mol. The van der Waals surface area contributed by atoms with Crippen LogP contribution in [-0.4, -0.2) is 18.9 Å². The average Bonchev–Trinajstić information content (AvgIpc) is 2.71. The van der Waals surface area contributed by atoms with Crippen molar-refractivity contribution in [3.63, 3.8) is 0 Å². The summed E-state index contributed by atoms with van der Waals surface area (Å²) >= 11 is 5.97. The van der Waals surface area contributed by atoms with Gasteiger partial charge in [0.15, 0.2) is 5.78 Å². The van der Waals surface area contributed by atoms with Crippen LogP contribution in [0, 0.1) is 5.92 Å². The minimum Gasteiger partial charge on any atom is -0.316 e. The molecule has 1 aliphatic heterocycles. The average molecular weight is 224 g/mol. The first kappa shape index (κ1) is 10.7. The summed E-state index contributed by atoms with van der Waals surface area (Å²) in [4.78, 5) is 11.9. The van der Waals surface area contributed by atoms with E-state index in [2.05, 4.69) is 5.32 Å². The number of ketones is 1. The van der Waals surface area contributed by atoms with Crippen molar-refractivity contribution < 1.29 is 4.79 Å². The second-order valence-corrected chi connectivity index (χ2v) is 4.37. The zero-order valence-corrected chi connectivity index (χ0v) is 9.26. The van der Waals surface area contributed by atoms with E-state index >= 15 is 0 Å². The molecule has 1 fully saturated rings. The minimum atomic E-state index is 0.161. The number of rotatable bonds is 3. The van der Waals surface area contributed by atoms with Gasteiger partial charge in [-0.3, -0.25) is 4.79 Å². The van der Waals surface area contributed by atoms with Gasteiger partial charge < -0.3 is 5.32 Å². The number of benzene rings is 1. The fourth-order valence-electron chi connectivity index (χ4n) is 1.95. The molecule has 2 nitrogen and oxygen atoms in total. The zero-order chi connectivity index (χ0) is 10.7. The second kappa shape index (κ2) is 4.77. The minimum absolute atomic E-state index is 0.161. The molecule has 0 radical (unpaired) electrons. The number of halogens is 1. The summed E-state index contributed by atoms with van der Waals surface area (Å²) in [6.07, 6.45) is 1.70. The molecule has 1 aromatic rings. The Kier molecular flexibility index (Phi) is 3.39. The van der Waals surface area contributed by atoms with Gasteiger partial charge in [0.1, 0.15) is 0 Å². The Hall–Kier alpha value is -0.860. The molecule has 15 heavy (non-hydrogen) atoms. The van der Waals surface area contributed by atoms with Gasteiger partial charge in [-0.15, -0.1) is 0 Å². The predicted octanol–water partition coefficient (Wildman–Crippen LogP) is 2.52. The van der Waals surface area contributed by atoms with Crippen LogP contribution in [0.3, 0.4) is 0 Å². The Bertz CT molecular complexity index is 358. The molecule has 3 heteroatoms. The SMILES string of the molecule is O=C(CC1CCNC1)c1ccccc1Cl. The summed E-state index contributed by atoms with van der Waals surface area (Å²) in [5.74, 6) is 0.642. The van der Waals surface area contributed by atoms with E-state index in [0.717, 1.165) is 19.5 Å². The molecule has 1 aliphatic rings. The molecular formula is C12H14ClNO. The lowest BCUT2D eigenvalue weighted by Crippen LogP contribution is -2.13. The van der Waals surface area contributed by atoms with Crippen LogP contribution in [0.4, 0.5) is 0 Å². The highest BCUT2D eigenvalue weighted by molar-refractivity contribution is 6.33. The van der Waals surface area contributed by atoms with E-state index in [1.165, 1.54) is 0 Å². The van der Waals surface area contributed by atoms with Crippen molar-refractivity contribution in [3.8, 4) is 0 Å². The van der Waals surface area contributed by atoms with Gasteiger partial charge in [0, 0.05) is 12.0 Å². The number of carbonyl (C=O) groups is 1. The Balaban J connectivity index is 2.04. The zero-order valence-electron chi connectivity index (χ0n) is 8.50. The maximum absolute atomic E-state index is 11.9. The molecule has 0 saturated carbocycles. The Labute approximate surface area is 94.6 Å². The van der Waals surface area contributed by atoms with E-state index in [4.69, 9.17) is 11.6 Å². The van der Waals surface area contributed by atoms with Crippen LogP contribution in [0.2, 0.25) is 5.02 Å². The van der Waals surface area contributed by atoms with Crippen molar-refractivity contribution >= 4 is 17.4 Å². The van der Waals surface area contributed by atoms with Crippen LogP contribution in [0.15, 0.2) is 24.3 Å². The number of nitrogens with one attached hydrogen (secondary N) is 1. The van der Waals surface area contributed by atoms with Gasteiger partial charge in [-0.05, 0) is 37.6 Å². The van der Waals surface area contributed by atoms with Gasteiger partial charge in [0.05, 0.1) is 5.02 Å². The quantitative estimate of drug-likeness (QED) is 0.798. The summed E-state index contributed by atoms with van der Waals surface area (Å²) in [5, 5.41) is 3.82. The van der Waals surface area contributed by atoms with Gasteiger partial charge >= 0.3 is 0 Å². The largest absolute Gasteiger partial charge is 0.316 e. The monoisotopic (exact) mass is 223 g/mol. The van der Waals surface area contributed by atoms with Crippen molar-refractivity contribution in [2.45, 2.75) is 12.8 Å². The lowest BCUT2D eigenvalue weighted by molar-refractivity contribution is 0.0964. The number of Topliss-reactive ketones (excluding diaryl/α,β-unsaturated/α-hetero) is 1. The first-order valence-electron chi connectivity index (χ1n) is 5.26. The molecule has 0 bridgehead atoms. The van der Waals surface area contributed by atoms with Crippen LogP contribution in [0.1, 0.15) is 23.2 Å². The first-order valence-corrected chi connectivity index (χ1v) is 5.63. The molecule has 0 amide bonds. The van der Waals surface area contributed by atoms with Gasteiger partial charge in [-0.2, -0.15) is 0 Å². The summed E-state index contributed by atoms with van der Waals surface area (Å²) in [7, 11) is 0. The highest BCUT2D eigenvalue weighted by atomic mass is 35.5. The van der Waals surface area contributed by atoms with Gasteiger partial charge in [-0.25, -0.2) is 0 Å². The van der Waals surface area contributed by atoms with E-state index < -0.39 is 0 Å². The Morgan fingerprint density at radius 3 is 2.93 bits per heavy atom. The number of carbonyl (C=O) groups excluding carboxylic acids is 1. The maximum atomic E-state index is 11.9. The molecule has 1 atom stereocenters. The summed E-state index contributed by atoms with van der Waals surface area (Å²) in [5.41, 5.74) is 0.658. The van der Waals surface area contributed by atoms with Crippen molar-refractivity contribution in [2.24, 2.45) is 5.92 Å². The summed E-state index contributed by atoms with van der Waals surface area (Å²) < 4.78 is 0. The van der Waals surface area contributed by atoms with Crippen molar-refractivity contribution in [1.82, 2.24) is 5.32 Å². The van der Waals surface area contributed by atoms with Crippen molar-refractivity contribution in [1.29, 1.82) is 0 Å².